The molecule has 1 fully saturated rings. The molecule has 8 heteroatoms. The predicted molar refractivity (Wildman–Crippen MR) is 72.6 cm³/mol. The molecule has 1 aromatic rings. The Balaban J connectivity index is 1.64. The quantitative estimate of drug-likeness (QED) is 0.749. The lowest BCUT2D eigenvalue weighted by atomic mass is 10.2. The number of nitrogens with zero attached hydrogens (tertiary/aromatic N) is 1. The number of aryl methyl sites for hydroxylation is 1. The first-order valence-electron chi connectivity index (χ1n) is 6.36. The largest absolute Gasteiger partial charge is 0.479 e. The molecule has 20 heavy (non-hydrogen) atoms. The van der Waals surface area contributed by atoms with Gasteiger partial charge in [-0.25, -0.2) is 14.6 Å². The van der Waals surface area contributed by atoms with Crippen molar-refractivity contribution in [3.05, 3.63) is 16.1 Å². The molecule has 110 valence electrons. The van der Waals surface area contributed by atoms with E-state index in [-0.39, 0.29) is 12.1 Å². The average Bonchev–Trinajstić information content (AvgIpc) is 3.03. The molecule has 2 heterocycles. The van der Waals surface area contributed by atoms with Crippen molar-refractivity contribution < 1.29 is 19.4 Å². The van der Waals surface area contributed by atoms with Crippen LogP contribution < -0.4 is 10.6 Å². The van der Waals surface area contributed by atoms with E-state index in [1.54, 1.807) is 6.20 Å². The summed E-state index contributed by atoms with van der Waals surface area (Å²) in [4.78, 5) is 27.4. The summed E-state index contributed by atoms with van der Waals surface area (Å²) in [5.41, 5.74) is 0. The molecular formula is C12H17N3O4S. The van der Waals surface area contributed by atoms with Gasteiger partial charge in [-0.3, -0.25) is 0 Å². The number of thiazole rings is 1. The van der Waals surface area contributed by atoms with Crippen molar-refractivity contribution in [2.24, 2.45) is 0 Å². The lowest BCUT2D eigenvalue weighted by molar-refractivity contribution is -0.149. The normalized spacial score (nSPS) is 21.6. The van der Waals surface area contributed by atoms with Crippen LogP contribution in [0.4, 0.5) is 4.79 Å². The van der Waals surface area contributed by atoms with Crippen molar-refractivity contribution in [3.8, 4) is 0 Å². The smallest absolute Gasteiger partial charge is 0.332 e. The Bertz CT molecular complexity index is 491. The van der Waals surface area contributed by atoms with Gasteiger partial charge in [-0.15, -0.1) is 11.3 Å². The molecule has 1 aromatic heterocycles. The van der Waals surface area contributed by atoms with E-state index in [1.807, 2.05) is 6.92 Å². The van der Waals surface area contributed by atoms with Crippen LogP contribution in [0.25, 0.3) is 0 Å². The Kier molecular flexibility index (Phi) is 4.91. The zero-order valence-corrected chi connectivity index (χ0v) is 11.9. The monoisotopic (exact) mass is 299 g/mol. The topological polar surface area (TPSA) is 101 Å². The molecule has 1 aliphatic heterocycles. The molecule has 0 aliphatic carbocycles. The maximum absolute atomic E-state index is 11.6. The molecule has 0 radical (unpaired) electrons. The van der Waals surface area contributed by atoms with Gasteiger partial charge in [0.15, 0.2) is 6.10 Å². The third kappa shape index (κ3) is 4.17. The van der Waals surface area contributed by atoms with Crippen LogP contribution in [0.15, 0.2) is 6.20 Å². The number of hydrogen-bond donors (Lipinski definition) is 3. The van der Waals surface area contributed by atoms with E-state index < -0.39 is 12.1 Å². The molecule has 1 saturated heterocycles. The van der Waals surface area contributed by atoms with Crippen molar-refractivity contribution >= 4 is 23.3 Å². The molecule has 2 amide bonds. The highest BCUT2D eigenvalue weighted by atomic mass is 32.1. The number of rotatable bonds is 5. The first kappa shape index (κ1) is 14.7. The minimum absolute atomic E-state index is 0.229. The van der Waals surface area contributed by atoms with Gasteiger partial charge in [-0.1, -0.05) is 0 Å². The van der Waals surface area contributed by atoms with Gasteiger partial charge in [0, 0.05) is 17.6 Å². The van der Waals surface area contributed by atoms with E-state index in [4.69, 9.17) is 9.84 Å². The standard InChI is InChI=1S/C12H17N3O4S/c1-7-13-5-9(20-7)6-15-12(18)14-4-8-2-3-10(19-8)11(16)17/h5,8,10H,2-4,6H2,1H3,(H,16,17)(H2,14,15,18). The number of aliphatic carboxylic acids is 1. The number of carboxylic acid groups (broad SMARTS) is 1. The summed E-state index contributed by atoms with van der Waals surface area (Å²) in [6.45, 7) is 2.66. The maximum Gasteiger partial charge on any atom is 0.332 e. The number of nitrogens with one attached hydrogen (secondary N) is 2. The second-order valence-corrected chi connectivity index (χ2v) is 5.89. The Hall–Kier alpha value is -1.67. The van der Waals surface area contributed by atoms with Crippen molar-refractivity contribution in [2.45, 2.75) is 38.5 Å². The summed E-state index contributed by atoms with van der Waals surface area (Å²) in [6, 6.07) is -0.293. The van der Waals surface area contributed by atoms with Crippen LogP contribution in [0, 0.1) is 6.92 Å². The third-order valence-electron chi connectivity index (χ3n) is 2.97. The predicted octanol–water partition coefficient (Wildman–Crippen LogP) is 0.883. The van der Waals surface area contributed by atoms with Gasteiger partial charge in [0.2, 0.25) is 0 Å². The van der Waals surface area contributed by atoms with E-state index in [9.17, 15) is 9.59 Å². The average molecular weight is 299 g/mol. The fourth-order valence-corrected chi connectivity index (χ4v) is 2.70. The Morgan fingerprint density at radius 2 is 2.30 bits per heavy atom. The third-order valence-corrected chi connectivity index (χ3v) is 3.88. The molecule has 2 rings (SSSR count). The van der Waals surface area contributed by atoms with Crippen LogP contribution in [-0.2, 0) is 16.1 Å². The van der Waals surface area contributed by atoms with E-state index >= 15 is 0 Å². The molecule has 3 N–H and O–H groups in total. The zero-order valence-electron chi connectivity index (χ0n) is 11.1. The molecule has 0 bridgehead atoms. The summed E-state index contributed by atoms with van der Waals surface area (Å²) in [7, 11) is 0. The molecular weight excluding hydrogens is 282 g/mol. The van der Waals surface area contributed by atoms with Crippen molar-refractivity contribution in [3.63, 3.8) is 0 Å². The minimum atomic E-state index is -0.947. The van der Waals surface area contributed by atoms with Gasteiger partial charge in [0.25, 0.3) is 0 Å². The van der Waals surface area contributed by atoms with Crippen LogP contribution in [0.1, 0.15) is 22.7 Å². The van der Waals surface area contributed by atoms with Crippen molar-refractivity contribution in [2.75, 3.05) is 6.54 Å². The number of urea groups is 1. The van der Waals surface area contributed by atoms with Gasteiger partial charge in [-0.2, -0.15) is 0 Å². The fraction of sp³-hybridized carbons (Fsp3) is 0.583. The minimum Gasteiger partial charge on any atom is -0.479 e. The van der Waals surface area contributed by atoms with Crippen LogP contribution in [0.2, 0.25) is 0 Å². The molecule has 2 atom stereocenters. The highest BCUT2D eigenvalue weighted by Gasteiger charge is 2.30. The fourth-order valence-electron chi connectivity index (χ4n) is 1.96. The van der Waals surface area contributed by atoms with Crippen molar-refractivity contribution in [1.82, 2.24) is 15.6 Å². The van der Waals surface area contributed by atoms with Crippen LogP contribution >= 0.6 is 11.3 Å². The Morgan fingerprint density at radius 1 is 1.50 bits per heavy atom. The highest BCUT2D eigenvalue weighted by Crippen LogP contribution is 2.19. The number of carbonyl (C=O) groups excluding carboxylic acids is 1. The summed E-state index contributed by atoms with van der Waals surface area (Å²) in [5, 5.41) is 15.1. The molecule has 7 nitrogen and oxygen atoms in total. The lowest BCUT2D eigenvalue weighted by Crippen LogP contribution is -2.39. The van der Waals surface area contributed by atoms with Gasteiger partial charge in [0.1, 0.15) is 0 Å². The molecule has 1 aliphatic rings. The van der Waals surface area contributed by atoms with Gasteiger partial charge < -0.3 is 20.5 Å². The number of carboxylic acids is 1. The zero-order chi connectivity index (χ0) is 14.5. The van der Waals surface area contributed by atoms with Crippen LogP contribution in [0.3, 0.4) is 0 Å². The molecule has 0 spiro atoms. The summed E-state index contributed by atoms with van der Waals surface area (Å²) in [5.74, 6) is -0.947. The maximum atomic E-state index is 11.6. The van der Waals surface area contributed by atoms with Gasteiger partial charge >= 0.3 is 12.0 Å². The molecule has 0 saturated carbocycles. The summed E-state index contributed by atoms with van der Waals surface area (Å²) in [6.07, 6.45) is 1.89. The first-order valence-corrected chi connectivity index (χ1v) is 7.17. The highest BCUT2D eigenvalue weighted by molar-refractivity contribution is 7.11. The van der Waals surface area contributed by atoms with Crippen molar-refractivity contribution in [1.29, 1.82) is 0 Å². The second kappa shape index (κ2) is 6.67. The number of aromatic nitrogens is 1. The van der Waals surface area contributed by atoms with E-state index in [1.165, 1.54) is 11.3 Å². The summed E-state index contributed by atoms with van der Waals surface area (Å²) < 4.78 is 5.29. The van der Waals surface area contributed by atoms with E-state index in [0.29, 0.717) is 25.9 Å². The lowest BCUT2D eigenvalue weighted by Gasteiger charge is -2.12. The van der Waals surface area contributed by atoms with Crippen LogP contribution in [-0.4, -0.2) is 40.8 Å². The Morgan fingerprint density at radius 3 is 2.90 bits per heavy atom. The molecule has 0 aromatic carbocycles. The van der Waals surface area contributed by atoms with E-state index in [2.05, 4.69) is 15.6 Å². The molecule has 2 unspecified atom stereocenters. The number of hydrogen-bond acceptors (Lipinski definition) is 5. The number of ether oxygens (including phenoxy) is 1. The number of carbonyl (C=O) groups is 2. The SMILES string of the molecule is Cc1ncc(CNC(=O)NCC2CCC(C(=O)O)O2)s1. The number of amides is 2. The first-order chi connectivity index (χ1) is 9.54. The van der Waals surface area contributed by atoms with E-state index in [0.717, 1.165) is 9.88 Å². The summed E-state index contributed by atoms with van der Waals surface area (Å²) >= 11 is 1.53. The van der Waals surface area contributed by atoms with Crippen LogP contribution in [0.5, 0.6) is 0 Å². The van der Waals surface area contributed by atoms with Gasteiger partial charge in [-0.05, 0) is 19.8 Å². The Labute approximate surface area is 120 Å². The second-order valence-electron chi connectivity index (χ2n) is 4.57. The van der Waals surface area contributed by atoms with Gasteiger partial charge in [0.05, 0.1) is 17.7 Å².